The molecule has 3 rings (SSSR count). The number of carbonyl (C=O) groups excluding carboxylic acids is 1. The Morgan fingerprint density at radius 2 is 1.93 bits per heavy atom. The van der Waals surface area contributed by atoms with Crippen molar-refractivity contribution in [2.75, 3.05) is 6.54 Å². The second-order valence-corrected chi connectivity index (χ2v) is 7.10. The van der Waals surface area contributed by atoms with Crippen LogP contribution in [0.2, 0.25) is 0 Å². The maximum absolute atomic E-state index is 11.8. The number of benzene rings is 2. The van der Waals surface area contributed by atoms with E-state index >= 15 is 0 Å². The van der Waals surface area contributed by atoms with Crippen LogP contribution in [-0.2, 0) is 17.8 Å². The molecule has 0 saturated carbocycles. The first-order valence-corrected chi connectivity index (χ1v) is 9.45. The van der Waals surface area contributed by atoms with Crippen molar-refractivity contribution in [2.24, 2.45) is 11.5 Å². The van der Waals surface area contributed by atoms with Crippen LogP contribution in [0.1, 0.15) is 30.4 Å². The molecule has 2 aromatic rings. The molecular formula is C22H26N4O. The predicted octanol–water partition coefficient (Wildman–Crippen LogP) is 2.59. The highest BCUT2D eigenvalue weighted by Crippen LogP contribution is 2.24. The molecule has 0 aliphatic carbocycles. The van der Waals surface area contributed by atoms with Crippen LogP contribution in [0.4, 0.5) is 0 Å². The summed E-state index contributed by atoms with van der Waals surface area (Å²) in [7, 11) is 0. The minimum absolute atomic E-state index is 0.329. The number of nitriles is 1. The summed E-state index contributed by atoms with van der Waals surface area (Å²) in [6.45, 7) is 1.27. The van der Waals surface area contributed by atoms with Crippen LogP contribution in [-0.4, -0.2) is 29.4 Å². The highest BCUT2D eigenvalue weighted by Gasteiger charge is 2.32. The van der Waals surface area contributed by atoms with Gasteiger partial charge in [-0.05, 0) is 41.2 Å². The third-order valence-corrected chi connectivity index (χ3v) is 5.30. The SMILES string of the molecule is N#C[C@H](Cc1ccc(-c2cccc(CN)c2)cc1)N1CCCC[C@H]1C(N)=O. The van der Waals surface area contributed by atoms with Crippen molar-refractivity contribution >= 4 is 5.91 Å². The van der Waals surface area contributed by atoms with Crippen molar-refractivity contribution < 1.29 is 4.79 Å². The van der Waals surface area contributed by atoms with E-state index in [1.54, 1.807) is 0 Å². The highest BCUT2D eigenvalue weighted by molar-refractivity contribution is 5.80. The number of carbonyl (C=O) groups is 1. The first kappa shape index (κ1) is 19.1. The minimum Gasteiger partial charge on any atom is -0.368 e. The average Bonchev–Trinajstić information content (AvgIpc) is 2.72. The third-order valence-electron chi connectivity index (χ3n) is 5.30. The number of hydrogen-bond donors (Lipinski definition) is 2. The number of primary amides is 1. The molecule has 0 aromatic heterocycles. The fraction of sp³-hybridized carbons (Fsp3) is 0.364. The van der Waals surface area contributed by atoms with E-state index in [0.29, 0.717) is 13.0 Å². The molecule has 2 aromatic carbocycles. The Hall–Kier alpha value is -2.68. The van der Waals surface area contributed by atoms with Crippen molar-refractivity contribution in [1.29, 1.82) is 5.26 Å². The molecule has 1 amide bonds. The zero-order valence-electron chi connectivity index (χ0n) is 15.5. The molecular weight excluding hydrogens is 336 g/mol. The summed E-state index contributed by atoms with van der Waals surface area (Å²) in [5.41, 5.74) is 15.7. The van der Waals surface area contributed by atoms with E-state index in [9.17, 15) is 10.1 Å². The van der Waals surface area contributed by atoms with Gasteiger partial charge in [0.15, 0.2) is 0 Å². The number of hydrogen-bond acceptors (Lipinski definition) is 4. The zero-order chi connectivity index (χ0) is 19.2. The second-order valence-electron chi connectivity index (χ2n) is 7.10. The summed E-state index contributed by atoms with van der Waals surface area (Å²) in [5, 5.41) is 9.67. The first-order valence-electron chi connectivity index (χ1n) is 9.45. The molecule has 4 N–H and O–H groups in total. The smallest absolute Gasteiger partial charge is 0.234 e. The standard InChI is InChI=1S/C22H26N4O/c23-14-17-4-3-5-19(12-17)18-9-7-16(8-10-18)13-20(15-24)26-11-2-1-6-21(26)22(25)27/h3-5,7-10,12,20-21H,1-2,6,11,13-14,23H2,(H2,25,27)/t20-,21-/m0/s1. The van der Waals surface area contributed by atoms with Gasteiger partial charge >= 0.3 is 0 Å². The lowest BCUT2D eigenvalue weighted by Gasteiger charge is -2.36. The van der Waals surface area contributed by atoms with Crippen molar-refractivity contribution in [2.45, 2.75) is 44.3 Å². The highest BCUT2D eigenvalue weighted by atomic mass is 16.1. The molecule has 0 unspecified atom stereocenters. The topological polar surface area (TPSA) is 96.1 Å². The van der Waals surface area contributed by atoms with E-state index in [2.05, 4.69) is 42.5 Å². The summed E-state index contributed by atoms with van der Waals surface area (Å²) in [5.74, 6) is -0.329. The second kappa shape index (κ2) is 8.81. The third kappa shape index (κ3) is 4.54. The summed E-state index contributed by atoms with van der Waals surface area (Å²) in [4.78, 5) is 13.7. The van der Waals surface area contributed by atoms with Gasteiger partial charge in [0.2, 0.25) is 5.91 Å². The molecule has 140 valence electrons. The number of amides is 1. The molecule has 0 spiro atoms. The van der Waals surface area contributed by atoms with Crippen LogP contribution in [0.15, 0.2) is 48.5 Å². The van der Waals surface area contributed by atoms with Crippen LogP contribution in [0, 0.1) is 11.3 Å². The molecule has 1 fully saturated rings. The molecule has 1 saturated heterocycles. The lowest BCUT2D eigenvalue weighted by Crippen LogP contribution is -2.52. The van der Waals surface area contributed by atoms with Crippen LogP contribution in [0.25, 0.3) is 11.1 Å². The summed E-state index contributed by atoms with van der Waals surface area (Å²) < 4.78 is 0. The Kier molecular flexibility index (Phi) is 6.23. The molecule has 5 heteroatoms. The molecule has 1 aliphatic heterocycles. The summed E-state index contributed by atoms with van der Waals surface area (Å²) >= 11 is 0. The van der Waals surface area contributed by atoms with Crippen LogP contribution in [0.5, 0.6) is 0 Å². The number of rotatable bonds is 6. The molecule has 1 aliphatic rings. The van der Waals surface area contributed by atoms with Gasteiger partial charge in [0, 0.05) is 19.5 Å². The molecule has 0 bridgehead atoms. The largest absolute Gasteiger partial charge is 0.368 e. The molecule has 5 nitrogen and oxygen atoms in total. The van der Waals surface area contributed by atoms with Gasteiger partial charge < -0.3 is 11.5 Å². The summed E-state index contributed by atoms with van der Waals surface area (Å²) in [6.07, 6.45) is 3.31. The van der Waals surface area contributed by atoms with Crippen molar-refractivity contribution in [1.82, 2.24) is 4.90 Å². The predicted molar refractivity (Wildman–Crippen MR) is 106 cm³/mol. The van der Waals surface area contributed by atoms with E-state index in [1.165, 1.54) is 0 Å². The quantitative estimate of drug-likeness (QED) is 0.825. The van der Waals surface area contributed by atoms with E-state index in [0.717, 1.165) is 48.1 Å². The van der Waals surface area contributed by atoms with E-state index in [-0.39, 0.29) is 18.0 Å². The number of nitrogens with two attached hydrogens (primary N) is 2. The van der Waals surface area contributed by atoms with Gasteiger partial charge in [0.25, 0.3) is 0 Å². The minimum atomic E-state index is -0.339. The van der Waals surface area contributed by atoms with Gasteiger partial charge in [-0.1, -0.05) is 48.9 Å². The summed E-state index contributed by atoms with van der Waals surface area (Å²) in [6, 6.07) is 18.1. The molecule has 2 atom stereocenters. The van der Waals surface area contributed by atoms with Crippen LogP contribution >= 0.6 is 0 Å². The number of piperidine rings is 1. The van der Waals surface area contributed by atoms with Crippen molar-refractivity contribution in [3.63, 3.8) is 0 Å². The normalized spacial score (nSPS) is 18.6. The van der Waals surface area contributed by atoms with E-state index in [1.807, 2.05) is 17.0 Å². The first-order chi connectivity index (χ1) is 13.1. The number of nitrogens with zero attached hydrogens (tertiary/aromatic N) is 2. The maximum Gasteiger partial charge on any atom is 0.234 e. The fourth-order valence-corrected chi connectivity index (χ4v) is 3.80. The van der Waals surface area contributed by atoms with Crippen LogP contribution in [0.3, 0.4) is 0 Å². The van der Waals surface area contributed by atoms with Gasteiger partial charge in [-0.3, -0.25) is 9.69 Å². The monoisotopic (exact) mass is 362 g/mol. The van der Waals surface area contributed by atoms with E-state index in [4.69, 9.17) is 11.5 Å². The van der Waals surface area contributed by atoms with Gasteiger partial charge in [-0.15, -0.1) is 0 Å². The van der Waals surface area contributed by atoms with Gasteiger partial charge in [-0.25, -0.2) is 0 Å². The van der Waals surface area contributed by atoms with Gasteiger partial charge in [-0.2, -0.15) is 5.26 Å². The molecule has 27 heavy (non-hydrogen) atoms. The zero-order valence-corrected chi connectivity index (χ0v) is 15.5. The van der Waals surface area contributed by atoms with Crippen molar-refractivity contribution in [3.05, 3.63) is 59.7 Å². The Labute approximate surface area is 160 Å². The van der Waals surface area contributed by atoms with Gasteiger partial charge in [0.1, 0.15) is 6.04 Å². The van der Waals surface area contributed by atoms with Gasteiger partial charge in [0.05, 0.1) is 12.1 Å². The lowest BCUT2D eigenvalue weighted by molar-refractivity contribution is -0.125. The van der Waals surface area contributed by atoms with Crippen LogP contribution < -0.4 is 11.5 Å². The van der Waals surface area contributed by atoms with E-state index < -0.39 is 0 Å². The Bertz CT molecular complexity index is 825. The lowest BCUT2D eigenvalue weighted by atomic mass is 9.95. The molecule has 1 heterocycles. The van der Waals surface area contributed by atoms with Crippen molar-refractivity contribution in [3.8, 4) is 17.2 Å². The average molecular weight is 362 g/mol. The number of likely N-dealkylation sites (tertiary alicyclic amines) is 1. The molecule has 0 radical (unpaired) electrons. The Morgan fingerprint density at radius 3 is 2.59 bits per heavy atom. The maximum atomic E-state index is 11.8. The fourth-order valence-electron chi connectivity index (χ4n) is 3.80. The Balaban J connectivity index is 1.74. The Morgan fingerprint density at radius 1 is 1.15 bits per heavy atom.